The van der Waals surface area contributed by atoms with Crippen LogP contribution in [0.3, 0.4) is 0 Å². The van der Waals surface area contributed by atoms with Crippen LogP contribution >= 0.6 is 0 Å². The average molecular weight is 370 g/mol. The topological polar surface area (TPSA) is 77.5 Å². The van der Waals surface area contributed by atoms with Gasteiger partial charge in [0.2, 0.25) is 5.95 Å². The highest BCUT2D eigenvalue weighted by molar-refractivity contribution is 5.91. The zero-order valence-electron chi connectivity index (χ0n) is 15.8. The third-order valence-corrected chi connectivity index (χ3v) is 4.73. The Morgan fingerprint density at radius 1 is 0.929 bits per heavy atom. The van der Waals surface area contributed by atoms with Gasteiger partial charge in [-0.3, -0.25) is 9.25 Å². The van der Waals surface area contributed by atoms with Gasteiger partial charge in [0.1, 0.15) is 12.1 Å². The number of rotatable bonds is 3. The van der Waals surface area contributed by atoms with Gasteiger partial charge in [0, 0.05) is 32.9 Å². The molecular weight excluding hydrogens is 352 g/mol. The van der Waals surface area contributed by atoms with Crippen molar-refractivity contribution in [2.75, 3.05) is 19.0 Å². The SMILES string of the molecule is CN(C)c1ccc(-c2nc(-n3cnc4ccccc43)nc3c2cnn3C)cn1. The Labute approximate surface area is 161 Å². The van der Waals surface area contributed by atoms with Crippen molar-refractivity contribution in [1.82, 2.24) is 34.3 Å². The van der Waals surface area contributed by atoms with Gasteiger partial charge in [-0.2, -0.15) is 10.1 Å². The van der Waals surface area contributed by atoms with E-state index in [0.717, 1.165) is 39.1 Å². The maximum absolute atomic E-state index is 4.86. The maximum atomic E-state index is 4.86. The molecule has 138 valence electrons. The molecule has 28 heavy (non-hydrogen) atoms. The van der Waals surface area contributed by atoms with Crippen molar-refractivity contribution >= 4 is 27.9 Å². The summed E-state index contributed by atoms with van der Waals surface area (Å²) in [5.74, 6) is 1.44. The number of aryl methyl sites for hydroxylation is 1. The Balaban J connectivity index is 1.75. The van der Waals surface area contributed by atoms with Gasteiger partial charge in [0.05, 0.1) is 28.3 Å². The minimum absolute atomic E-state index is 0.552. The van der Waals surface area contributed by atoms with Crippen molar-refractivity contribution in [3.63, 3.8) is 0 Å². The summed E-state index contributed by atoms with van der Waals surface area (Å²) >= 11 is 0. The van der Waals surface area contributed by atoms with Crippen LogP contribution in [0.1, 0.15) is 0 Å². The van der Waals surface area contributed by atoms with Crippen molar-refractivity contribution in [2.45, 2.75) is 0 Å². The zero-order chi connectivity index (χ0) is 19.3. The number of imidazole rings is 1. The predicted octanol–water partition coefficient (Wildman–Crippen LogP) is 2.83. The fourth-order valence-electron chi connectivity index (χ4n) is 3.25. The van der Waals surface area contributed by atoms with Crippen molar-refractivity contribution in [3.8, 4) is 17.2 Å². The molecule has 5 rings (SSSR count). The van der Waals surface area contributed by atoms with Crippen molar-refractivity contribution in [1.29, 1.82) is 0 Å². The number of nitrogens with zero attached hydrogens (tertiary/aromatic N) is 8. The lowest BCUT2D eigenvalue weighted by atomic mass is 10.1. The van der Waals surface area contributed by atoms with E-state index in [4.69, 9.17) is 9.97 Å². The summed E-state index contributed by atoms with van der Waals surface area (Å²) in [6, 6.07) is 11.9. The fraction of sp³-hybridized carbons (Fsp3) is 0.150. The van der Waals surface area contributed by atoms with Crippen LogP contribution in [-0.4, -0.2) is 48.4 Å². The molecule has 0 bridgehead atoms. The predicted molar refractivity (Wildman–Crippen MR) is 108 cm³/mol. The maximum Gasteiger partial charge on any atom is 0.238 e. The molecule has 0 unspecified atom stereocenters. The van der Waals surface area contributed by atoms with Crippen LogP contribution < -0.4 is 4.90 Å². The normalized spacial score (nSPS) is 11.4. The van der Waals surface area contributed by atoms with E-state index in [-0.39, 0.29) is 0 Å². The van der Waals surface area contributed by atoms with E-state index in [2.05, 4.69) is 15.1 Å². The van der Waals surface area contributed by atoms with Crippen LogP contribution in [0, 0.1) is 0 Å². The highest BCUT2D eigenvalue weighted by atomic mass is 15.3. The van der Waals surface area contributed by atoms with Crippen molar-refractivity contribution in [3.05, 3.63) is 55.1 Å². The molecule has 8 heteroatoms. The minimum Gasteiger partial charge on any atom is -0.363 e. The molecule has 5 aromatic rings. The summed E-state index contributed by atoms with van der Waals surface area (Å²) in [4.78, 5) is 20.6. The van der Waals surface area contributed by atoms with Crippen molar-refractivity contribution in [2.24, 2.45) is 7.05 Å². The molecule has 1 aromatic carbocycles. The third kappa shape index (κ3) is 2.50. The first-order valence-corrected chi connectivity index (χ1v) is 8.88. The molecule has 0 saturated heterocycles. The van der Waals surface area contributed by atoms with Gasteiger partial charge in [-0.1, -0.05) is 12.1 Å². The summed E-state index contributed by atoms with van der Waals surface area (Å²) in [7, 11) is 5.81. The van der Waals surface area contributed by atoms with Gasteiger partial charge in [-0.25, -0.2) is 15.0 Å². The number of fused-ring (bicyclic) bond motifs is 2. The number of pyridine rings is 1. The van der Waals surface area contributed by atoms with Crippen LogP contribution in [-0.2, 0) is 7.05 Å². The molecule has 0 amide bonds. The summed E-state index contributed by atoms with van der Waals surface area (Å²) in [5.41, 5.74) is 4.32. The van der Waals surface area contributed by atoms with E-state index in [0.29, 0.717) is 5.95 Å². The molecule has 0 N–H and O–H groups in total. The van der Waals surface area contributed by atoms with Gasteiger partial charge in [-0.05, 0) is 24.3 Å². The summed E-state index contributed by atoms with van der Waals surface area (Å²) in [6.07, 6.45) is 5.37. The van der Waals surface area contributed by atoms with E-state index in [1.165, 1.54) is 0 Å². The number of para-hydroxylation sites is 2. The minimum atomic E-state index is 0.552. The number of aromatic nitrogens is 7. The smallest absolute Gasteiger partial charge is 0.238 e. The van der Waals surface area contributed by atoms with E-state index < -0.39 is 0 Å². The van der Waals surface area contributed by atoms with Crippen LogP contribution in [0.4, 0.5) is 5.82 Å². The Morgan fingerprint density at radius 3 is 2.57 bits per heavy atom. The summed E-state index contributed by atoms with van der Waals surface area (Å²) in [6.45, 7) is 0. The Hall–Kier alpha value is -3.81. The number of hydrogen-bond donors (Lipinski definition) is 0. The van der Waals surface area contributed by atoms with Gasteiger partial charge in [0.25, 0.3) is 0 Å². The molecule has 4 aromatic heterocycles. The summed E-state index contributed by atoms with van der Waals surface area (Å²) in [5, 5.41) is 5.26. The largest absolute Gasteiger partial charge is 0.363 e. The van der Waals surface area contributed by atoms with Gasteiger partial charge < -0.3 is 4.90 Å². The second-order valence-corrected chi connectivity index (χ2v) is 6.78. The molecule has 0 aliphatic heterocycles. The van der Waals surface area contributed by atoms with E-state index in [9.17, 15) is 0 Å². The molecule has 0 fully saturated rings. The first-order chi connectivity index (χ1) is 13.6. The van der Waals surface area contributed by atoms with Gasteiger partial charge in [0.15, 0.2) is 5.65 Å². The first kappa shape index (κ1) is 16.4. The highest BCUT2D eigenvalue weighted by Crippen LogP contribution is 2.28. The molecule has 0 aliphatic carbocycles. The molecule has 0 saturated carbocycles. The van der Waals surface area contributed by atoms with Crippen LogP contribution in [0.15, 0.2) is 55.1 Å². The fourth-order valence-corrected chi connectivity index (χ4v) is 3.25. The van der Waals surface area contributed by atoms with Gasteiger partial charge >= 0.3 is 0 Å². The zero-order valence-corrected chi connectivity index (χ0v) is 15.8. The highest BCUT2D eigenvalue weighted by Gasteiger charge is 2.16. The van der Waals surface area contributed by atoms with Crippen LogP contribution in [0.25, 0.3) is 39.3 Å². The standard InChI is InChI=1S/C20H18N8/c1-26(2)17-9-8-13(10-21-17)18-14-11-23-27(3)19(14)25-20(24-18)28-12-22-15-6-4-5-7-16(15)28/h4-12H,1-3H3. The Morgan fingerprint density at radius 2 is 1.79 bits per heavy atom. The van der Waals surface area contributed by atoms with Gasteiger partial charge in [-0.15, -0.1) is 0 Å². The lowest BCUT2D eigenvalue weighted by Crippen LogP contribution is -2.10. The number of anilines is 1. The molecule has 0 aliphatic rings. The average Bonchev–Trinajstić information content (AvgIpc) is 3.31. The molecule has 8 nitrogen and oxygen atoms in total. The number of hydrogen-bond acceptors (Lipinski definition) is 6. The van der Waals surface area contributed by atoms with Crippen LogP contribution in [0.5, 0.6) is 0 Å². The summed E-state index contributed by atoms with van der Waals surface area (Å²) < 4.78 is 3.65. The molecular formula is C20H18N8. The van der Waals surface area contributed by atoms with E-state index >= 15 is 0 Å². The third-order valence-electron chi connectivity index (χ3n) is 4.73. The Kier molecular flexibility index (Phi) is 3.58. The van der Waals surface area contributed by atoms with Crippen molar-refractivity contribution < 1.29 is 0 Å². The first-order valence-electron chi connectivity index (χ1n) is 8.88. The quantitative estimate of drug-likeness (QED) is 0.486. The van der Waals surface area contributed by atoms with Crippen LogP contribution in [0.2, 0.25) is 0 Å². The monoisotopic (exact) mass is 370 g/mol. The second-order valence-electron chi connectivity index (χ2n) is 6.78. The molecule has 0 atom stereocenters. The Bertz CT molecular complexity index is 1300. The second kappa shape index (κ2) is 6.12. The number of benzene rings is 1. The van der Waals surface area contributed by atoms with E-state index in [1.54, 1.807) is 17.2 Å². The molecule has 4 heterocycles. The molecule has 0 spiro atoms. The van der Waals surface area contributed by atoms with E-state index in [1.807, 2.05) is 73.2 Å². The lowest BCUT2D eigenvalue weighted by Gasteiger charge is -2.12. The molecule has 0 radical (unpaired) electrons. The lowest BCUT2D eigenvalue weighted by molar-refractivity contribution is 0.782.